The minimum atomic E-state index is -1.11. The Morgan fingerprint density at radius 3 is 1.68 bits per heavy atom. The van der Waals surface area contributed by atoms with Crippen molar-refractivity contribution in [2.75, 3.05) is 56.4 Å². The van der Waals surface area contributed by atoms with E-state index in [9.17, 15) is 24.3 Å². The van der Waals surface area contributed by atoms with Gasteiger partial charge in [0.05, 0.1) is 23.5 Å². The summed E-state index contributed by atoms with van der Waals surface area (Å²) < 4.78 is 0. The van der Waals surface area contributed by atoms with E-state index < -0.39 is 5.97 Å². The summed E-state index contributed by atoms with van der Waals surface area (Å²) in [5.41, 5.74) is 2.03. The van der Waals surface area contributed by atoms with Crippen LogP contribution in [0, 0.1) is 0 Å². The molecule has 4 aliphatic rings. The van der Waals surface area contributed by atoms with Gasteiger partial charge in [0.1, 0.15) is 17.3 Å². The molecular formula is C35H36N10O5. The molecule has 0 radical (unpaired) electrons. The third kappa shape index (κ3) is 6.36. The molecule has 0 unspecified atom stereocenters. The molecule has 50 heavy (non-hydrogen) atoms. The van der Waals surface area contributed by atoms with Gasteiger partial charge in [0.2, 0.25) is 0 Å². The van der Waals surface area contributed by atoms with Gasteiger partial charge in [-0.3, -0.25) is 25.2 Å². The number of hydrogen-bond acceptors (Lipinski definition) is 10. The molecule has 15 heteroatoms. The second-order valence-corrected chi connectivity index (χ2v) is 12.4. The van der Waals surface area contributed by atoms with Gasteiger partial charge in [0, 0.05) is 45.0 Å². The number of urea groups is 2. The number of aromatic nitrogens is 4. The summed E-state index contributed by atoms with van der Waals surface area (Å²) in [6.07, 6.45) is 6.16. The van der Waals surface area contributed by atoms with E-state index in [1.807, 2.05) is 19.1 Å². The van der Waals surface area contributed by atoms with Crippen molar-refractivity contribution in [1.29, 1.82) is 0 Å². The number of ketones is 1. The lowest BCUT2D eigenvalue weighted by Crippen LogP contribution is -2.48. The van der Waals surface area contributed by atoms with Crippen molar-refractivity contribution in [3.05, 3.63) is 84.4 Å². The maximum absolute atomic E-state index is 13.0. The average molecular weight is 677 g/mol. The summed E-state index contributed by atoms with van der Waals surface area (Å²) in [5, 5.41) is 14.8. The zero-order valence-corrected chi connectivity index (χ0v) is 27.4. The Morgan fingerprint density at radius 2 is 1.22 bits per heavy atom. The maximum Gasteiger partial charge on any atom is 0.354 e. The molecule has 4 bridgehead atoms. The topological polar surface area (TPSA) is 177 Å². The van der Waals surface area contributed by atoms with Crippen LogP contribution >= 0.6 is 0 Å². The number of rotatable bonds is 6. The number of carboxylic acids is 1. The van der Waals surface area contributed by atoms with Crippen LogP contribution in [0.1, 0.15) is 53.6 Å². The lowest BCUT2D eigenvalue weighted by Gasteiger charge is -2.35. The van der Waals surface area contributed by atoms with E-state index in [0.717, 1.165) is 56.8 Å². The summed E-state index contributed by atoms with van der Waals surface area (Å²) in [4.78, 5) is 73.8. The normalized spacial score (nSPS) is 18.0. The van der Waals surface area contributed by atoms with Crippen LogP contribution in [-0.4, -0.2) is 87.1 Å². The van der Waals surface area contributed by atoms with Gasteiger partial charge in [0.25, 0.3) is 0 Å². The average Bonchev–Trinajstić information content (AvgIpc) is 3.74. The largest absolute Gasteiger partial charge is 0.477 e. The molecule has 3 N–H and O–H groups in total. The summed E-state index contributed by atoms with van der Waals surface area (Å²) in [6, 6.07) is 16.9. The van der Waals surface area contributed by atoms with Gasteiger partial charge < -0.3 is 14.9 Å². The van der Waals surface area contributed by atoms with E-state index >= 15 is 0 Å². The Hall–Kier alpha value is -6.12. The summed E-state index contributed by atoms with van der Waals surface area (Å²) in [5.74, 6) is 0.784. The predicted octanol–water partition coefficient (Wildman–Crippen LogP) is 4.90. The Kier molecular flexibility index (Phi) is 8.94. The molecule has 0 spiro atoms. The zero-order chi connectivity index (χ0) is 34.8. The number of amides is 4. The smallest absolute Gasteiger partial charge is 0.354 e. The molecule has 4 aliphatic heterocycles. The first kappa shape index (κ1) is 32.4. The number of Topliss-reactive ketones (excluding diaryl/α,β-unsaturated/α-hetero) is 1. The first-order valence-corrected chi connectivity index (χ1v) is 16.6. The molecule has 4 aromatic heterocycles. The number of fused-ring (bicyclic) bond motifs is 8. The van der Waals surface area contributed by atoms with E-state index in [1.165, 1.54) is 6.07 Å². The number of pyridine rings is 4. The zero-order valence-electron chi connectivity index (χ0n) is 27.4. The van der Waals surface area contributed by atoms with Gasteiger partial charge in [-0.1, -0.05) is 19.1 Å². The van der Waals surface area contributed by atoms with Gasteiger partial charge in [-0.05, 0) is 67.8 Å². The molecule has 8 rings (SSSR count). The molecule has 2 atom stereocenters. The van der Waals surface area contributed by atoms with Gasteiger partial charge in [-0.25, -0.2) is 34.3 Å². The fourth-order valence-electron chi connectivity index (χ4n) is 6.79. The lowest BCUT2D eigenvalue weighted by molar-refractivity contribution is 0.0690. The highest BCUT2D eigenvalue weighted by Crippen LogP contribution is 2.40. The highest BCUT2D eigenvalue weighted by molar-refractivity contribution is 6.06. The van der Waals surface area contributed by atoms with Crippen molar-refractivity contribution in [3.63, 3.8) is 0 Å². The molecule has 4 amide bonds. The molecule has 0 aliphatic carbocycles. The number of anilines is 6. The first-order chi connectivity index (χ1) is 24.3. The standard InChI is InChI=1S/C19H21N5O2.C16H15N5O3/c1-2-5-16(25)14-7-8-15-18(21-14)24(13-9-11-23(15)12-13)19(26)22-17-6-3-4-10-20-17;22-15(23)11-4-5-12-14(18-11)21(10-6-8-20(12)9-10)16(24)19-13-3-1-2-7-17-13/h3-4,6-8,10,13H,2,5,9,11-12H2,1H3,(H,20,22,26);1-5,7,10H,6,8-9H2,(H,22,23)(H,17,19,24)/t13-;10-/m00/s1. The summed E-state index contributed by atoms with van der Waals surface area (Å²) in [7, 11) is 0. The van der Waals surface area contributed by atoms with E-state index in [0.29, 0.717) is 35.4 Å². The van der Waals surface area contributed by atoms with E-state index in [2.05, 4.69) is 40.4 Å². The van der Waals surface area contributed by atoms with Crippen molar-refractivity contribution in [3.8, 4) is 0 Å². The third-order valence-electron chi connectivity index (χ3n) is 9.12. The maximum atomic E-state index is 13.0. The number of aromatic carboxylic acids is 1. The second kappa shape index (κ2) is 13.8. The van der Waals surface area contributed by atoms with Crippen LogP contribution in [0.3, 0.4) is 0 Å². The van der Waals surface area contributed by atoms with Crippen LogP contribution in [-0.2, 0) is 0 Å². The van der Waals surface area contributed by atoms with Crippen molar-refractivity contribution in [2.24, 2.45) is 0 Å². The molecule has 0 saturated carbocycles. The first-order valence-electron chi connectivity index (χ1n) is 16.6. The van der Waals surface area contributed by atoms with Crippen LogP contribution in [0.25, 0.3) is 0 Å². The molecule has 0 aromatic carbocycles. The SMILES string of the molecule is CCCC(=O)c1ccc2c(n1)N(C(=O)Nc1ccccn1)[C@H]1CCN2C1.O=C(O)c1ccc2c(n1)N(C(=O)Nc1ccccn1)[C@H]1CCN2C1. The third-order valence-corrected chi connectivity index (χ3v) is 9.12. The van der Waals surface area contributed by atoms with Crippen molar-refractivity contribution < 1.29 is 24.3 Å². The molecule has 2 fully saturated rings. The number of nitrogens with one attached hydrogen (secondary N) is 2. The van der Waals surface area contributed by atoms with E-state index in [4.69, 9.17) is 0 Å². The van der Waals surface area contributed by atoms with Crippen LogP contribution < -0.4 is 30.2 Å². The Bertz CT molecular complexity index is 1930. The number of nitrogens with zero attached hydrogens (tertiary/aromatic N) is 8. The number of hydrogen-bond donors (Lipinski definition) is 3. The van der Waals surface area contributed by atoms with Crippen molar-refractivity contribution in [2.45, 2.75) is 44.7 Å². The molecule has 8 heterocycles. The Labute approximate surface area is 288 Å². The predicted molar refractivity (Wildman–Crippen MR) is 187 cm³/mol. The van der Waals surface area contributed by atoms with Crippen LogP contribution in [0.2, 0.25) is 0 Å². The lowest BCUT2D eigenvalue weighted by atomic mass is 10.1. The van der Waals surface area contributed by atoms with Crippen LogP contribution in [0.5, 0.6) is 0 Å². The molecular weight excluding hydrogens is 640 g/mol. The Morgan fingerprint density at radius 1 is 0.720 bits per heavy atom. The van der Waals surface area contributed by atoms with Crippen LogP contribution in [0.15, 0.2) is 73.1 Å². The molecule has 2 saturated heterocycles. The van der Waals surface area contributed by atoms with Gasteiger partial charge in [-0.15, -0.1) is 0 Å². The fraction of sp³-hybridized carbons (Fsp3) is 0.314. The van der Waals surface area contributed by atoms with Gasteiger partial charge in [0.15, 0.2) is 23.1 Å². The summed E-state index contributed by atoms with van der Waals surface area (Å²) in [6.45, 7) is 5.17. The minimum Gasteiger partial charge on any atom is -0.477 e. The minimum absolute atomic E-state index is 0.00769. The van der Waals surface area contributed by atoms with E-state index in [-0.39, 0.29) is 35.6 Å². The second-order valence-electron chi connectivity index (χ2n) is 12.4. The van der Waals surface area contributed by atoms with Crippen molar-refractivity contribution in [1.82, 2.24) is 19.9 Å². The fourth-order valence-corrected chi connectivity index (χ4v) is 6.79. The van der Waals surface area contributed by atoms with Gasteiger partial charge >= 0.3 is 18.0 Å². The Balaban J connectivity index is 0.000000157. The molecule has 4 aromatic rings. The number of carboxylic acid groups (broad SMARTS) is 1. The van der Waals surface area contributed by atoms with E-state index in [1.54, 1.807) is 64.7 Å². The van der Waals surface area contributed by atoms with Crippen LogP contribution in [0.4, 0.5) is 44.2 Å². The number of carbonyl (C=O) groups excluding carboxylic acids is 3. The number of carbonyl (C=O) groups is 4. The summed E-state index contributed by atoms with van der Waals surface area (Å²) >= 11 is 0. The highest BCUT2D eigenvalue weighted by atomic mass is 16.4. The molecule has 15 nitrogen and oxygen atoms in total. The van der Waals surface area contributed by atoms with Gasteiger partial charge in [-0.2, -0.15) is 0 Å². The van der Waals surface area contributed by atoms with Crippen molar-refractivity contribution >= 4 is 58.5 Å². The monoisotopic (exact) mass is 676 g/mol. The highest BCUT2D eigenvalue weighted by Gasteiger charge is 2.42. The quantitative estimate of drug-likeness (QED) is 0.237. The molecule has 256 valence electrons.